The van der Waals surface area contributed by atoms with Crippen LogP contribution in [0.3, 0.4) is 0 Å². The fraction of sp³-hybridized carbons (Fsp3) is 0.355. The summed E-state index contributed by atoms with van der Waals surface area (Å²) < 4.78 is 14.7. The average molecular weight is 598 g/mol. The van der Waals surface area contributed by atoms with Gasteiger partial charge in [0.05, 0.1) is 12.6 Å². The highest BCUT2D eigenvalue weighted by Crippen LogP contribution is 2.59. The van der Waals surface area contributed by atoms with E-state index in [0.717, 1.165) is 29.9 Å². The molecule has 3 unspecified atom stereocenters. The van der Waals surface area contributed by atoms with Crippen LogP contribution in [0.4, 0.5) is 15.8 Å². The van der Waals surface area contributed by atoms with Crippen molar-refractivity contribution in [2.75, 3.05) is 49.5 Å². The van der Waals surface area contributed by atoms with Crippen LogP contribution < -0.4 is 15.5 Å². The summed E-state index contributed by atoms with van der Waals surface area (Å²) in [6.45, 7) is 5.53. The standard InChI is InChI=1S/C31H31Cl2FN4O3/c1-18-2-5-21(34)16-22(18)29-31(24-6-3-20(33)15-26(24)35-30(31)41)25(17-28(40)36-29)23-14-19(32)4-7-27(23)38-10-8-37(9-11-38)12-13-39/h2-7,14-16,25,29,39H,8-13,17H2,1H3,(H,35,41)(H,36,40). The lowest BCUT2D eigenvalue weighted by molar-refractivity contribution is -0.131. The average Bonchev–Trinajstić information content (AvgIpc) is 3.22. The molecule has 0 saturated carbocycles. The quantitative estimate of drug-likeness (QED) is 0.394. The van der Waals surface area contributed by atoms with Crippen LogP contribution in [0.1, 0.15) is 40.6 Å². The van der Waals surface area contributed by atoms with Crippen LogP contribution in [0.5, 0.6) is 0 Å². The Bertz CT molecular complexity index is 1530. The predicted octanol–water partition coefficient (Wildman–Crippen LogP) is 4.79. The van der Waals surface area contributed by atoms with E-state index < -0.39 is 23.2 Å². The first-order valence-electron chi connectivity index (χ1n) is 13.8. The third kappa shape index (κ3) is 4.77. The number of hydrogen-bond acceptors (Lipinski definition) is 5. The molecule has 7 nitrogen and oxygen atoms in total. The smallest absolute Gasteiger partial charge is 0.238 e. The molecule has 3 atom stereocenters. The molecule has 10 heteroatoms. The molecule has 0 aliphatic carbocycles. The second kappa shape index (κ2) is 10.9. The van der Waals surface area contributed by atoms with Gasteiger partial charge in [-0.05, 0) is 71.6 Å². The molecule has 2 amide bonds. The van der Waals surface area contributed by atoms with Gasteiger partial charge in [-0.2, -0.15) is 0 Å². The van der Waals surface area contributed by atoms with E-state index in [1.165, 1.54) is 12.1 Å². The van der Waals surface area contributed by atoms with E-state index in [-0.39, 0.29) is 24.8 Å². The van der Waals surface area contributed by atoms with E-state index in [0.29, 0.717) is 46.5 Å². The van der Waals surface area contributed by atoms with Gasteiger partial charge in [-0.15, -0.1) is 0 Å². The number of halogens is 3. The second-order valence-corrected chi connectivity index (χ2v) is 11.9. The Balaban J connectivity index is 1.56. The number of nitrogens with zero attached hydrogens (tertiary/aromatic N) is 2. The molecule has 3 aromatic rings. The molecular weight excluding hydrogens is 566 g/mol. The van der Waals surface area contributed by atoms with Crippen LogP contribution in [0.25, 0.3) is 0 Å². The van der Waals surface area contributed by atoms with Crippen molar-refractivity contribution in [2.45, 2.75) is 30.7 Å². The number of fused-ring (bicyclic) bond motifs is 2. The maximum absolute atomic E-state index is 14.7. The Morgan fingerprint density at radius 3 is 2.46 bits per heavy atom. The molecule has 0 radical (unpaired) electrons. The largest absolute Gasteiger partial charge is 0.395 e. The molecule has 3 aliphatic heterocycles. The van der Waals surface area contributed by atoms with Crippen LogP contribution in [0, 0.1) is 12.7 Å². The van der Waals surface area contributed by atoms with E-state index in [4.69, 9.17) is 23.2 Å². The minimum atomic E-state index is -1.30. The highest BCUT2D eigenvalue weighted by atomic mass is 35.5. The molecule has 3 aliphatic rings. The lowest BCUT2D eigenvalue weighted by Gasteiger charge is -2.48. The number of carbonyl (C=O) groups excluding carboxylic acids is 2. The third-order valence-electron chi connectivity index (χ3n) is 8.80. The monoisotopic (exact) mass is 596 g/mol. The zero-order chi connectivity index (χ0) is 28.9. The van der Waals surface area contributed by atoms with Gasteiger partial charge in [0.1, 0.15) is 11.2 Å². The number of β-amino-alcohol motifs (C(OH)–C–C–N with tert-alkyl or cyclic N) is 1. The van der Waals surface area contributed by atoms with Gasteiger partial charge in [-0.25, -0.2) is 4.39 Å². The van der Waals surface area contributed by atoms with Crippen LogP contribution in [-0.4, -0.2) is 61.2 Å². The molecule has 2 fully saturated rings. The predicted molar refractivity (Wildman–Crippen MR) is 158 cm³/mol. The lowest BCUT2D eigenvalue weighted by atomic mass is 9.58. The van der Waals surface area contributed by atoms with Crippen molar-refractivity contribution in [3.63, 3.8) is 0 Å². The Kier molecular flexibility index (Phi) is 7.44. The number of rotatable bonds is 5. The van der Waals surface area contributed by atoms with Crippen molar-refractivity contribution in [1.82, 2.24) is 10.2 Å². The van der Waals surface area contributed by atoms with Gasteiger partial charge >= 0.3 is 0 Å². The second-order valence-electron chi connectivity index (χ2n) is 11.0. The number of piperidine rings is 1. The minimum Gasteiger partial charge on any atom is -0.395 e. The van der Waals surface area contributed by atoms with Crippen molar-refractivity contribution in [3.8, 4) is 0 Å². The number of amides is 2. The number of piperazine rings is 1. The molecule has 3 heterocycles. The summed E-state index contributed by atoms with van der Waals surface area (Å²) in [6, 6.07) is 14.5. The van der Waals surface area contributed by atoms with E-state index in [9.17, 15) is 19.1 Å². The van der Waals surface area contributed by atoms with Crippen LogP contribution >= 0.6 is 23.2 Å². The van der Waals surface area contributed by atoms with Crippen molar-refractivity contribution in [2.24, 2.45) is 0 Å². The lowest BCUT2D eigenvalue weighted by Crippen LogP contribution is -2.57. The molecule has 6 rings (SSSR count). The molecule has 214 valence electrons. The van der Waals surface area contributed by atoms with Crippen LogP contribution in [0.15, 0.2) is 54.6 Å². The van der Waals surface area contributed by atoms with E-state index in [2.05, 4.69) is 20.4 Å². The van der Waals surface area contributed by atoms with Crippen LogP contribution in [0.2, 0.25) is 10.0 Å². The summed E-state index contributed by atoms with van der Waals surface area (Å²) in [4.78, 5) is 32.3. The Morgan fingerprint density at radius 1 is 0.976 bits per heavy atom. The molecule has 3 N–H and O–H groups in total. The van der Waals surface area contributed by atoms with Crippen LogP contribution in [-0.2, 0) is 15.0 Å². The number of carbonyl (C=O) groups is 2. The number of aliphatic hydroxyl groups is 1. The first kappa shape index (κ1) is 28.0. The van der Waals surface area contributed by atoms with Gasteiger partial charge < -0.3 is 20.6 Å². The zero-order valence-electron chi connectivity index (χ0n) is 22.6. The Morgan fingerprint density at radius 2 is 1.71 bits per heavy atom. The molecule has 3 aromatic carbocycles. The summed E-state index contributed by atoms with van der Waals surface area (Å²) in [6.07, 6.45) is 0.0399. The molecule has 0 aromatic heterocycles. The highest BCUT2D eigenvalue weighted by Gasteiger charge is 2.61. The summed E-state index contributed by atoms with van der Waals surface area (Å²) in [5, 5.41) is 16.5. The summed E-state index contributed by atoms with van der Waals surface area (Å²) in [5.74, 6) is -1.58. The maximum atomic E-state index is 14.7. The van der Waals surface area contributed by atoms with E-state index >= 15 is 0 Å². The van der Waals surface area contributed by atoms with Crippen molar-refractivity contribution in [1.29, 1.82) is 0 Å². The van der Waals surface area contributed by atoms with Crippen molar-refractivity contribution >= 4 is 46.4 Å². The van der Waals surface area contributed by atoms with Gasteiger partial charge in [0.2, 0.25) is 11.8 Å². The van der Waals surface area contributed by atoms with E-state index in [1.54, 1.807) is 18.2 Å². The van der Waals surface area contributed by atoms with Crippen molar-refractivity contribution < 1.29 is 19.1 Å². The molecule has 0 bridgehead atoms. The van der Waals surface area contributed by atoms with Gasteiger partial charge in [-0.3, -0.25) is 14.5 Å². The fourth-order valence-corrected chi connectivity index (χ4v) is 7.24. The molecule has 41 heavy (non-hydrogen) atoms. The number of benzene rings is 3. The molecule has 2 saturated heterocycles. The SMILES string of the molecule is Cc1ccc(F)cc1C1NC(=O)CC(c2cc(Cl)ccc2N2CCN(CCO)CC2)C12C(=O)Nc1cc(Cl)ccc12. The zero-order valence-corrected chi connectivity index (χ0v) is 24.1. The number of anilines is 2. The Labute approximate surface area is 248 Å². The van der Waals surface area contributed by atoms with E-state index in [1.807, 2.05) is 31.2 Å². The summed E-state index contributed by atoms with van der Waals surface area (Å²) in [7, 11) is 0. The minimum absolute atomic E-state index is 0.0399. The summed E-state index contributed by atoms with van der Waals surface area (Å²) >= 11 is 12.9. The third-order valence-corrected chi connectivity index (χ3v) is 9.27. The topological polar surface area (TPSA) is 84.9 Å². The van der Waals surface area contributed by atoms with Gasteiger partial charge in [-0.1, -0.05) is 35.3 Å². The summed E-state index contributed by atoms with van der Waals surface area (Å²) in [5.41, 5.74) is 2.97. The normalized spacial score (nSPS) is 24.4. The molecule has 1 spiro atoms. The first-order valence-corrected chi connectivity index (χ1v) is 14.5. The van der Waals surface area contributed by atoms with Gasteiger partial charge in [0, 0.05) is 66.5 Å². The first-order chi connectivity index (χ1) is 19.7. The highest BCUT2D eigenvalue weighted by molar-refractivity contribution is 6.31. The number of nitrogens with one attached hydrogen (secondary N) is 2. The van der Waals surface area contributed by atoms with Crippen molar-refractivity contribution in [3.05, 3.63) is 92.7 Å². The maximum Gasteiger partial charge on any atom is 0.238 e. The van der Waals surface area contributed by atoms with Gasteiger partial charge in [0.15, 0.2) is 0 Å². The number of aliphatic hydroxyl groups excluding tert-OH is 1. The van der Waals surface area contributed by atoms with Gasteiger partial charge in [0.25, 0.3) is 0 Å². The number of aryl methyl sites for hydroxylation is 1. The number of hydrogen-bond donors (Lipinski definition) is 3. The molecular formula is C31H31Cl2FN4O3. The fourth-order valence-electron chi connectivity index (χ4n) is 6.89. The Hall–Kier alpha value is -3.17.